The largest absolute Gasteiger partial charge is 0.506 e. The standard InChI is InChI=1S/C49H49FN4O8/c50-41-25-31(19-22-51-27-43(56)39-15-17-42(55)47-40(39)16-18-45(57)52-47)9-14-37(41)30-61-48(58)35-12-10-32(11-13-35)29-60-38-8-4-7-36(26-38)46(34-5-2-1-3-6-34)53-49(59)62-44-28-54-23-20-33(44)21-24-54/h1-18,25-26,33,43-44,46,51,55-56H,19-24,27-30H2,(H,52,57)(H,53,59)/t43?,44-,46?/m0/s1. The van der Waals surface area contributed by atoms with Crippen molar-refractivity contribution in [2.24, 2.45) is 5.92 Å². The lowest BCUT2D eigenvalue weighted by atomic mass is 9.86. The summed E-state index contributed by atoms with van der Waals surface area (Å²) < 4.78 is 32.6. The highest BCUT2D eigenvalue weighted by molar-refractivity contribution is 5.89. The summed E-state index contributed by atoms with van der Waals surface area (Å²) in [6.45, 7) is 3.56. The number of rotatable bonds is 16. The molecule has 9 rings (SSSR count). The number of pyridine rings is 1. The number of benzene rings is 5. The number of hydrogen-bond donors (Lipinski definition) is 5. The van der Waals surface area contributed by atoms with Gasteiger partial charge in [0.2, 0.25) is 5.56 Å². The molecule has 12 nitrogen and oxygen atoms in total. The lowest BCUT2D eigenvalue weighted by Crippen LogP contribution is -2.52. The van der Waals surface area contributed by atoms with Crippen LogP contribution in [0.4, 0.5) is 9.18 Å². The topological polar surface area (TPSA) is 162 Å². The number of aromatic hydroxyl groups is 1. The Morgan fingerprint density at radius 2 is 1.63 bits per heavy atom. The van der Waals surface area contributed by atoms with E-state index in [2.05, 4.69) is 20.5 Å². The molecule has 5 aromatic carbocycles. The van der Waals surface area contributed by atoms with Crippen LogP contribution < -0.4 is 20.9 Å². The fraction of sp³-hybridized carbons (Fsp3) is 0.286. The second-order valence-corrected chi connectivity index (χ2v) is 15.9. The third-order valence-corrected chi connectivity index (χ3v) is 11.7. The molecule has 3 atom stereocenters. The maximum atomic E-state index is 15.0. The number of phenolic OH excluding ortho intramolecular Hbond substituents is 1. The van der Waals surface area contributed by atoms with E-state index >= 15 is 4.39 Å². The zero-order chi connectivity index (χ0) is 43.0. The minimum Gasteiger partial charge on any atom is -0.506 e. The summed E-state index contributed by atoms with van der Waals surface area (Å²) in [5, 5.41) is 27.7. The Hall–Kier alpha value is -6.54. The number of hydrogen-bond acceptors (Lipinski definition) is 10. The molecule has 13 heteroatoms. The smallest absolute Gasteiger partial charge is 0.408 e. The summed E-state index contributed by atoms with van der Waals surface area (Å²) in [6, 6.07) is 34.4. The first-order valence-electron chi connectivity index (χ1n) is 20.9. The molecule has 5 N–H and O–H groups in total. The second-order valence-electron chi connectivity index (χ2n) is 15.9. The number of alkyl carbamates (subject to hydrolysis) is 1. The number of aromatic nitrogens is 1. The Labute approximate surface area is 358 Å². The third kappa shape index (κ3) is 10.3. The predicted molar refractivity (Wildman–Crippen MR) is 231 cm³/mol. The number of aromatic amines is 1. The second kappa shape index (κ2) is 19.4. The number of carbonyl (C=O) groups excluding carboxylic acids is 2. The van der Waals surface area contributed by atoms with E-state index in [0.29, 0.717) is 41.1 Å². The summed E-state index contributed by atoms with van der Waals surface area (Å²) in [6.07, 6.45) is 1.13. The van der Waals surface area contributed by atoms with Crippen molar-refractivity contribution in [3.63, 3.8) is 0 Å². The van der Waals surface area contributed by atoms with Crippen molar-refractivity contribution < 1.29 is 38.4 Å². The van der Waals surface area contributed by atoms with Gasteiger partial charge in [-0.25, -0.2) is 14.0 Å². The van der Waals surface area contributed by atoms with E-state index in [4.69, 9.17) is 14.2 Å². The number of ether oxygens (including phenoxy) is 3. The molecule has 3 aliphatic rings. The Morgan fingerprint density at radius 1 is 0.855 bits per heavy atom. The number of amides is 1. The van der Waals surface area contributed by atoms with Crippen molar-refractivity contribution in [3.8, 4) is 11.5 Å². The zero-order valence-corrected chi connectivity index (χ0v) is 34.1. The molecule has 320 valence electrons. The molecule has 4 heterocycles. The van der Waals surface area contributed by atoms with Gasteiger partial charge in [-0.2, -0.15) is 0 Å². The molecule has 3 saturated heterocycles. The average Bonchev–Trinajstić information content (AvgIpc) is 3.29. The number of fused-ring (bicyclic) bond motifs is 4. The number of nitrogens with one attached hydrogen (secondary N) is 3. The summed E-state index contributed by atoms with van der Waals surface area (Å²) in [5.41, 5.74) is 4.32. The van der Waals surface area contributed by atoms with Gasteiger partial charge in [0, 0.05) is 30.1 Å². The van der Waals surface area contributed by atoms with Gasteiger partial charge in [0.15, 0.2) is 0 Å². The zero-order valence-electron chi connectivity index (χ0n) is 34.1. The number of nitrogens with zero attached hydrogens (tertiary/aromatic N) is 1. The summed E-state index contributed by atoms with van der Waals surface area (Å²) in [4.78, 5) is 42.8. The number of aliphatic hydroxyl groups excluding tert-OH is 1. The molecule has 0 spiro atoms. The van der Waals surface area contributed by atoms with E-state index in [1.165, 1.54) is 18.2 Å². The molecule has 1 amide bonds. The fourth-order valence-electron chi connectivity index (χ4n) is 8.25. The summed E-state index contributed by atoms with van der Waals surface area (Å²) in [5.74, 6) is -0.147. The Kier molecular flexibility index (Phi) is 13.2. The van der Waals surface area contributed by atoms with Gasteiger partial charge in [-0.15, -0.1) is 0 Å². The summed E-state index contributed by atoms with van der Waals surface area (Å²) >= 11 is 0. The van der Waals surface area contributed by atoms with Gasteiger partial charge in [-0.3, -0.25) is 9.69 Å². The van der Waals surface area contributed by atoms with Crippen molar-refractivity contribution >= 4 is 23.0 Å². The molecule has 0 aliphatic carbocycles. The molecule has 3 aliphatic heterocycles. The molecule has 3 fully saturated rings. The summed E-state index contributed by atoms with van der Waals surface area (Å²) in [7, 11) is 0. The first-order chi connectivity index (χ1) is 30.2. The highest BCUT2D eigenvalue weighted by Crippen LogP contribution is 2.32. The van der Waals surface area contributed by atoms with Gasteiger partial charge >= 0.3 is 12.1 Å². The maximum Gasteiger partial charge on any atom is 0.408 e. The van der Waals surface area contributed by atoms with Crippen molar-refractivity contribution in [2.45, 2.75) is 50.7 Å². The monoisotopic (exact) mass is 840 g/mol. The number of phenols is 1. The van der Waals surface area contributed by atoms with Crippen LogP contribution in [0.3, 0.4) is 0 Å². The van der Waals surface area contributed by atoms with Gasteiger partial charge in [-0.05, 0) is 115 Å². The van der Waals surface area contributed by atoms with Gasteiger partial charge in [0.1, 0.15) is 36.6 Å². The molecule has 0 radical (unpaired) electrons. The van der Waals surface area contributed by atoms with Crippen LogP contribution in [-0.2, 0) is 29.1 Å². The van der Waals surface area contributed by atoms with E-state index in [-0.39, 0.29) is 48.3 Å². The Balaban J connectivity index is 0.797. The Bertz CT molecular complexity index is 2560. The molecule has 1 aromatic heterocycles. The highest BCUT2D eigenvalue weighted by Gasteiger charge is 2.37. The van der Waals surface area contributed by atoms with Gasteiger partial charge in [-0.1, -0.05) is 72.8 Å². The van der Waals surface area contributed by atoms with Crippen LogP contribution in [0.15, 0.2) is 126 Å². The number of esters is 1. The van der Waals surface area contributed by atoms with E-state index in [9.17, 15) is 24.6 Å². The fourth-order valence-corrected chi connectivity index (χ4v) is 8.25. The van der Waals surface area contributed by atoms with E-state index in [1.807, 2.05) is 54.6 Å². The molecular weight excluding hydrogens is 792 g/mol. The lowest BCUT2D eigenvalue weighted by molar-refractivity contribution is -0.0336. The van der Waals surface area contributed by atoms with E-state index < -0.39 is 30.0 Å². The van der Waals surface area contributed by atoms with Crippen molar-refractivity contribution in [2.75, 3.05) is 32.7 Å². The number of aliphatic hydroxyl groups is 1. The minimum absolute atomic E-state index is 0.0824. The molecule has 2 bridgehead atoms. The van der Waals surface area contributed by atoms with Crippen LogP contribution in [0.25, 0.3) is 10.9 Å². The minimum atomic E-state index is -0.910. The number of piperidine rings is 3. The first-order valence-corrected chi connectivity index (χ1v) is 20.9. The van der Waals surface area contributed by atoms with E-state index in [1.54, 1.807) is 48.5 Å². The predicted octanol–water partition coefficient (Wildman–Crippen LogP) is 7.08. The van der Waals surface area contributed by atoms with Crippen molar-refractivity contribution in [1.82, 2.24) is 20.5 Å². The van der Waals surface area contributed by atoms with Crippen LogP contribution in [0, 0.1) is 11.7 Å². The number of H-pyrrole nitrogens is 1. The van der Waals surface area contributed by atoms with Crippen molar-refractivity contribution in [1.29, 1.82) is 0 Å². The first kappa shape index (κ1) is 42.2. The quantitative estimate of drug-likeness (QED) is 0.0503. The Morgan fingerprint density at radius 3 is 2.39 bits per heavy atom. The third-order valence-electron chi connectivity index (χ3n) is 11.7. The van der Waals surface area contributed by atoms with Crippen molar-refractivity contribution in [3.05, 3.63) is 176 Å². The van der Waals surface area contributed by atoms with Gasteiger partial charge < -0.3 is 40.0 Å². The normalized spacial score (nSPS) is 17.9. The van der Waals surface area contributed by atoms with Crippen LogP contribution in [-0.4, -0.2) is 71.0 Å². The highest BCUT2D eigenvalue weighted by atomic mass is 19.1. The number of carbonyl (C=O) groups is 2. The van der Waals surface area contributed by atoms with Crippen LogP contribution in [0.2, 0.25) is 0 Å². The van der Waals surface area contributed by atoms with Gasteiger partial charge in [0.25, 0.3) is 0 Å². The molecule has 0 saturated carbocycles. The molecule has 6 aromatic rings. The van der Waals surface area contributed by atoms with Crippen LogP contribution in [0.1, 0.15) is 68.7 Å². The van der Waals surface area contributed by atoms with Crippen LogP contribution >= 0.6 is 0 Å². The lowest BCUT2D eigenvalue weighted by Gasteiger charge is -2.43. The van der Waals surface area contributed by atoms with E-state index in [0.717, 1.165) is 54.7 Å². The maximum absolute atomic E-state index is 15.0. The molecule has 62 heavy (non-hydrogen) atoms. The number of halogens is 1. The average molecular weight is 841 g/mol. The van der Waals surface area contributed by atoms with Gasteiger partial charge in [0.05, 0.1) is 23.2 Å². The SMILES string of the molecule is O=C(NC(c1ccccc1)c1cccc(OCc2ccc(C(=O)OCc3ccc(CCNCC(O)c4ccc(O)c5[nH]c(=O)ccc45)cc3F)cc2)c1)O[C@H]1CN2CCC1CC2. The molecular formula is C49H49FN4O8. The molecule has 2 unspecified atom stereocenters. The van der Waals surface area contributed by atoms with Crippen LogP contribution in [0.5, 0.6) is 11.5 Å².